The molecule has 0 fully saturated rings. The van der Waals surface area contributed by atoms with E-state index in [0.717, 1.165) is 12.3 Å². The average molecular weight is 128 g/mol. The van der Waals surface area contributed by atoms with Crippen LogP contribution in [0.2, 0.25) is 0 Å². The van der Waals surface area contributed by atoms with Crippen LogP contribution in [0.1, 0.15) is 20.3 Å². The molecule has 0 aromatic rings. The first-order valence-electron chi connectivity index (χ1n) is 3.40. The summed E-state index contributed by atoms with van der Waals surface area (Å²) in [6.07, 6.45) is 1.15. The van der Waals surface area contributed by atoms with Crippen molar-refractivity contribution in [2.45, 2.75) is 20.3 Å². The largest absolute Gasteiger partial charge is 0.377 e. The number of hydrogen-bond donors (Lipinski definition) is 1. The van der Waals surface area contributed by atoms with Crippen LogP contribution in [-0.4, -0.2) is 19.9 Å². The molecule has 0 aromatic heterocycles. The van der Waals surface area contributed by atoms with E-state index in [1.165, 1.54) is 0 Å². The fraction of sp³-hybridized carbons (Fsp3) is 0.857. The van der Waals surface area contributed by atoms with Crippen molar-refractivity contribution in [1.82, 2.24) is 5.32 Å². The molecule has 1 N–H and O–H groups in total. The standard InChI is InChI=1S/C7H16N2/c1-5-6(2)7(8-3)9-4/h6H,5H2,1-4H3,(H,8,9). The van der Waals surface area contributed by atoms with Crippen molar-refractivity contribution < 1.29 is 0 Å². The first kappa shape index (κ1) is 8.47. The highest BCUT2D eigenvalue weighted by molar-refractivity contribution is 5.83. The molecule has 2 heteroatoms. The minimum atomic E-state index is 0.569. The van der Waals surface area contributed by atoms with Crippen LogP contribution < -0.4 is 5.32 Å². The molecule has 0 aromatic carbocycles. The summed E-state index contributed by atoms with van der Waals surface area (Å²) >= 11 is 0. The van der Waals surface area contributed by atoms with Gasteiger partial charge in [0.05, 0.1) is 5.84 Å². The van der Waals surface area contributed by atoms with Crippen molar-refractivity contribution in [2.75, 3.05) is 14.1 Å². The molecule has 0 aliphatic carbocycles. The third-order valence-electron chi connectivity index (χ3n) is 1.58. The van der Waals surface area contributed by atoms with Gasteiger partial charge in [0, 0.05) is 20.0 Å². The molecule has 9 heavy (non-hydrogen) atoms. The second-order valence-corrected chi connectivity index (χ2v) is 2.17. The van der Waals surface area contributed by atoms with Gasteiger partial charge >= 0.3 is 0 Å². The molecule has 2 nitrogen and oxygen atoms in total. The number of hydrogen-bond acceptors (Lipinski definition) is 1. The Morgan fingerprint density at radius 2 is 2.22 bits per heavy atom. The summed E-state index contributed by atoms with van der Waals surface area (Å²) < 4.78 is 0. The first-order valence-corrected chi connectivity index (χ1v) is 3.40. The monoisotopic (exact) mass is 128 g/mol. The van der Waals surface area contributed by atoms with Crippen LogP contribution in [-0.2, 0) is 0 Å². The van der Waals surface area contributed by atoms with E-state index >= 15 is 0 Å². The van der Waals surface area contributed by atoms with Gasteiger partial charge < -0.3 is 5.32 Å². The van der Waals surface area contributed by atoms with Gasteiger partial charge in [0.25, 0.3) is 0 Å². The minimum absolute atomic E-state index is 0.569. The molecule has 0 saturated heterocycles. The third kappa shape index (κ3) is 2.49. The highest BCUT2D eigenvalue weighted by Crippen LogP contribution is 2.00. The molecule has 0 saturated carbocycles. The number of nitrogens with one attached hydrogen (secondary N) is 1. The van der Waals surface area contributed by atoms with E-state index in [4.69, 9.17) is 0 Å². The highest BCUT2D eigenvalue weighted by atomic mass is 15.0. The summed E-state index contributed by atoms with van der Waals surface area (Å²) in [5.74, 6) is 1.66. The van der Waals surface area contributed by atoms with Crippen molar-refractivity contribution >= 4 is 5.84 Å². The van der Waals surface area contributed by atoms with Crippen LogP contribution in [0.15, 0.2) is 4.99 Å². The quantitative estimate of drug-likeness (QED) is 0.439. The second-order valence-electron chi connectivity index (χ2n) is 2.17. The number of rotatable bonds is 2. The fourth-order valence-corrected chi connectivity index (χ4v) is 0.772. The van der Waals surface area contributed by atoms with E-state index < -0.39 is 0 Å². The summed E-state index contributed by atoms with van der Waals surface area (Å²) in [5.41, 5.74) is 0. The van der Waals surface area contributed by atoms with Crippen molar-refractivity contribution in [3.8, 4) is 0 Å². The highest BCUT2D eigenvalue weighted by Gasteiger charge is 2.02. The Balaban J connectivity index is 3.80. The summed E-state index contributed by atoms with van der Waals surface area (Å²) in [7, 11) is 3.73. The van der Waals surface area contributed by atoms with Gasteiger partial charge in [-0.1, -0.05) is 13.8 Å². The van der Waals surface area contributed by atoms with Gasteiger partial charge in [-0.2, -0.15) is 0 Å². The zero-order chi connectivity index (χ0) is 7.28. The Bertz CT molecular complexity index is 97.1. The topological polar surface area (TPSA) is 24.4 Å². The molecule has 0 heterocycles. The smallest absolute Gasteiger partial charge is 0.0985 e. The Kier molecular flexibility index (Phi) is 4.10. The molecule has 0 amide bonds. The zero-order valence-electron chi connectivity index (χ0n) is 6.73. The summed E-state index contributed by atoms with van der Waals surface area (Å²) in [5, 5.41) is 3.05. The fourth-order valence-electron chi connectivity index (χ4n) is 0.772. The summed E-state index contributed by atoms with van der Waals surface area (Å²) in [6, 6.07) is 0. The maximum atomic E-state index is 4.08. The van der Waals surface area contributed by atoms with Crippen LogP contribution in [0, 0.1) is 5.92 Å². The van der Waals surface area contributed by atoms with E-state index in [1.807, 2.05) is 14.1 Å². The van der Waals surface area contributed by atoms with Gasteiger partial charge in [-0.15, -0.1) is 0 Å². The lowest BCUT2D eigenvalue weighted by atomic mass is 10.1. The Labute approximate surface area is 57.4 Å². The third-order valence-corrected chi connectivity index (χ3v) is 1.58. The normalized spacial score (nSPS) is 15.3. The van der Waals surface area contributed by atoms with Gasteiger partial charge in [-0.3, -0.25) is 4.99 Å². The lowest BCUT2D eigenvalue weighted by Crippen LogP contribution is -2.25. The predicted molar refractivity (Wildman–Crippen MR) is 41.9 cm³/mol. The van der Waals surface area contributed by atoms with Gasteiger partial charge in [0.15, 0.2) is 0 Å². The molecular formula is C7H16N2. The Hall–Kier alpha value is -0.530. The van der Waals surface area contributed by atoms with Crippen LogP contribution in [0.4, 0.5) is 0 Å². The number of amidine groups is 1. The number of nitrogens with zero attached hydrogens (tertiary/aromatic N) is 1. The predicted octanol–water partition coefficient (Wildman–Crippen LogP) is 1.28. The van der Waals surface area contributed by atoms with E-state index in [2.05, 4.69) is 24.2 Å². The molecule has 0 aliphatic rings. The zero-order valence-corrected chi connectivity index (χ0v) is 6.73. The maximum Gasteiger partial charge on any atom is 0.0985 e. The SMILES string of the molecule is CCC(C)C(=NC)NC. The summed E-state index contributed by atoms with van der Waals surface area (Å²) in [6.45, 7) is 4.33. The molecule has 1 unspecified atom stereocenters. The van der Waals surface area contributed by atoms with Crippen molar-refractivity contribution in [3.05, 3.63) is 0 Å². The van der Waals surface area contributed by atoms with Crippen molar-refractivity contribution in [2.24, 2.45) is 10.9 Å². The molecule has 0 radical (unpaired) electrons. The van der Waals surface area contributed by atoms with Gasteiger partial charge in [0.2, 0.25) is 0 Å². The maximum absolute atomic E-state index is 4.08. The molecule has 54 valence electrons. The van der Waals surface area contributed by atoms with Crippen molar-refractivity contribution in [3.63, 3.8) is 0 Å². The molecule has 0 bridgehead atoms. The Morgan fingerprint density at radius 3 is 2.33 bits per heavy atom. The second kappa shape index (κ2) is 4.36. The van der Waals surface area contributed by atoms with E-state index in [-0.39, 0.29) is 0 Å². The van der Waals surface area contributed by atoms with Crippen molar-refractivity contribution in [1.29, 1.82) is 0 Å². The molecular weight excluding hydrogens is 112 g/mol. The van der Waals surface area contributed by atoms with E-state index in [0.29, 0.717) is 5.92 Å². The molecule has 1 atom stereocenters. The number of aliphatic imine (C=N–C) groups is 1. The molecule has 0 aliphatic heterocycles. The molecule has 0 rings (SSSR count). The summed E-state index contributed by atoms with van der Waals surface area (Å²) in [4.78, 5) is 4.08. The van der Waals surface area contributed by atoms with Crippen LogP contribution >= 0.6 is 0 Å². The van der Waals surface area contributed by atoms with Crippen LogP contribution in [0.25, 0.3) is 0 Å². The minimum Gasteiger partial charge on any atom is -0.377 e. The van der Waals surface area contributed by atoms with Crippen LogP contribution in [0.3, 0.4) is 0 Å². The lowest BCUT2D eigenvalue weighted by molar-refractivity contribution is 0.713. The van der Waals surface area contributed by atoms with Gasteiger partial charge in [-0.25, -0.2) is 0 Å². The van der Waals surface area contributed by atoms with Gasteiger partial charge in [0.1, 0.15) is 0 Å². The first-order chi connectivity index (χ1) is 4.26. The lowest BCUT2D eigenvalue weighted by Gasteiger charge is -2.10. The average Bonchev–Trinajstić information content (AvgIpc) is 1.90. The Morgan fingerprint density at radius 1 is 1.67 bits per heavy atom. The van der Waals surface area contributed by atoms with Gasteiger partial charge in [-0.05, 0) is 6.42 Å². The van der Waals surface area contributed by atoms with Crippen LogP contribution in [0.5, 0.6) is 0 Å². The molecule has 0 spiro atoms. The van der Waals surface area contributed by atoms with E-state index in [9.17, 15) is 0 Å². The van der Waals surface area contributed by atoms with E-state index in [1.54, 1.807) is 0 Å².